The van der Waals surface area contributed by atoms with E-state index in [9.17, 15) is 0 Å². The number of fused-ring (bicyclic) bond motifs is 1. The van der Waals surface area contributed by atoms with E-state index >= 15 is 0 Å². The highest BCUT2D eigenvalue weighted by molar-refractivity contribution is 5.85. The number of piperidine rings is 1. The molecular weight excluding hydrogens is 242 g/mol. The molecule has 0 unspecified atom stereocenters. The second-order valence-electron chi connectivity index (χ2n) is 5.65. The van der Waals surface area contributed by atoms with E-state index in [-0.39, 0.29) is 12.4 Å². The molecule has 3 rings (SSSR count). The van der Waals surface area contributed by atoms with E-state index in [1.807, 2.05) is 0 Å². The van der Waals surface area contributed by atoms with Crippen LogP contribution in [0.2, 0.25) is 0 Å². The summed E-state index contributed by atoms with van der Waals surface area (Å²) >= 11 is 0. The van der Waals surface area contributed by atoms with Crippen LogP contribution in [0.4, 0.5) is 0 Å². The first-order chi connectivity index (χ1) is 8.42. The molecule has 2 heteroatoms. The maximum absolute atomic E-state index is 2.62. The Hall–Kier alpha value is -0.530. The van der Waals surface area contributed by atoms with Crippen LogP contribution in [0.5, 0.6) is 0 Å². The van der Waals surface area contributed by atoms with Crippen molar-refractivity contribution in [1.82, 2.24) is 4.90 Å². The van der Waals surface area contributed by atoms with Gasteiger partial charge in [-0.3, -0.25) is 4.90 Å². The highest BCUT2D eigenvalue weighted by Gasteiger charge is 2.13. The normalized spacial score (nSPS) is 20.0. The molecule has 0 amide bonds. The Bertz CT molecular complexity index is 383. The molecule has 0 atom stereocenters. The number of likely N-dealkylation sites (tertiary alicyclic amines) is 1. The van der Waals surface area contributed by atoms with Gasteiger partial charge in [0.1, 0.15) is 0 Å². The molecule has 100 valence electrons. The molecule has 0 bridgehead atoms. The Morgan fingerprint density at radius 3 is 2.33 bits per heavy atom. The summed E-state index contributed by atoms with van der Waals surface area (Å²) in [6.45, 7) is 3.78. The topological polar surface area (TPSA) is 3.24 Å². The van der Waals surface area contributed by atoms with Gasteiger partial charge in [0.2, 0.25) is 0 Å². The monoisotopic (exact) mass is 265 g/mol. The predicted molar refractivity (Wildman–Crippen MR) is 79.5 cm³/mol. The molecule has 0 saturated carbocycles. The number of nitrogens with zero attached hydrogens (tertiary/aromatic N) is 1. The number of hydrogen-bond donors (Lipinski definition) is 0. The van der Waals surface area contributed by atoms with Crippen molar-refractivity contribution in [2.75, 3.05) is 13.1 Å². The summed E-state index contributed by atoms with van der Waals surface area (Å²) in [5.41, 5.74) is 4.77. The minimum absolute atomic E-state index is 0. The van der Waals surface area contributed by atoms with Gasteiger partial charge in [-0.1, -0.05) is 24.6 Å². The molecule has 18 heavy (non-hydrogen) atoms. The number of rotatable bonds is 2. The van der Waals surface area contributed by atoms with Crippen molar-refractivity contribution < 1.29 is 0 Å². The molecule has 0 N–H and O–H groups in total. The molecule has 0 aromatic heterocycles. The lowest BCUT2D eigenvalue weighted by molar-refractivity contribution is 0.221. The van der Waals surface area contributed by atoms with E-state index in [0.29, 0.717) is 0 Å². The third-order valence-electron chi connectivity index (χ3n) is 4.27. The van der Waals surface area contributed by atoms with E-state index in [1.165, 1.54) is 70.1 Å². The zero-order chi connectivity index (χ0) is 11.5. The zero-order valence-corrected chi connectivity index (χ0v) is 12.0. The molecule has 2 aliphatic rings. The molecule has 0 spiro atoms. The Balaban J connectivity index is 0.00000120. The highest BCUT2D eigenvalue weighted by Crippen LogP contribution is 2.23. The van der Waals surface area contributed by atoms with Crippen molar-refractivity contribution in [2.45, 2.75) is 51.5 Å². The van der Waals surface area contributed by atoms with Gasteiger partial charge in [0, 0.05) is 6.54 Å². The Morgan fingerprint density at radius 2 is 1.56 bits per heavy atom. The average Bonchev–Trinajstić information content (AvgIpc) is 2.40. The van der Waals surface area contributed by atoms with Crippen LogP contribution >= 0.6 is 12.4 Å². The van der Waals surface area contributed by atoms with Gasteiger partial charge in [0.15, 0.2) is 0 Å². The summed E-state index contributed by atoms with van der Waals surface area (Å²) < 4.78 is 0. The van der Waals surface area contributed by atoms with Gasteiger partial charge in [-0.2, -0.15) is 0 Å². The van der Waals surface area contributed by atoms with Crippen molar-refractivity contribution in [3.63, 3.8) is 0 Å². The zero-order valence-electron chi connectivity index (χ0n) is 11.2. The van der Waals surface area contributed by atoms with Crippen LogP contribution in [-0.2, 0) is 19.4 Å². The second kappa shape index (κ2) is 6.58. The van der Waals surface area contributed by atoms with Crippen molar-refractivity contribution in [1.29, 1.82) is 0 Å². The fourth-order valence-electron chi connectivity index (χ4n) is 3.26. The Labute approximate surface area is 117 Å². The Kier molecular flexibility index (Phi) is 5.08. The van der Waals surface area contributed by atoms with Gasteiger partial charge in [0.25, 0.3) is 0 Å². The van der Waals surface area contributed by atoms with Crippen LogP contribution in [0.3, 0.4) is 0 Å². The van der Waals surface area contributed by atoms with Crippen molar-refractivity contribution in [3.05, 3.63) is 34.9 Å². The number of aryl methyl sites for hydroxylation is 2. The standard InChI is InChI=1S/C16H23N.ClH/c1-4-10-17(11-5-1)13-14-8-9-15-6-2-3-7-16(15)12-14;/h8-9,12H,1-7,10-11,13H2;1H. The largest absolute Gasteiger partial charge is 0.299 e. The van der Waals surface area contributed by atoms with Gasteiger partial charge in [-0.15, -0.1) is 12.4 Å². The summed E-state index contributed by atoms with van der Waals surface area (Å²) in [6.07, 6.45) is 9.61. The summed E-state index contributed by atoms with van der Waals surface area (Å²) in [5.74, 6) is 0. The van der Waals surface area contributed by atoms with Crippen molar-refractivity contribution in [3.8, 4) is 0 Å². The van der Waals surface area contributed by atoms with Crippen LogP contribution < -0.4 is 0 Å². The van der Waals surface area contributed by atoms with E-state index in [0.717, 1.165) is 0 Å². The molecule has 1 aromatic carbocycles. The first-order valence-electron chi connectivity index (χ1n) is 7.25. The van der Waals surface area contributed by atoms with Crippen LogP contribution in [0.1, 0.15) is 48.8 Å². The molecule has 1 aliphatic heterocycles. The summed E-state index contributed by atoms with van der Waals surface area (Å²) in [6, 6.07) is 7.22. The van der Waals surface area contributed by atoms with Crippen LogP contribution in [0.25, 0.3) is 0 Å². The van der Waals surface area contributed by atoms with Crippen LogP contribution in [0, 0.1) is 0 Å². The SMILES string of the molecule is Cl.c1cc2c(cc1CN1CCCCC1)CCCC2. The summed E-state index contributed by atoms with van der Waals surface area (Å²) in [4.78, 5) is 2.62. The van der Waals surface area contributed by atoms with E-state index in [2.05, 4.69) is 23.1 Å². The fraction of sp³-hybridized carbons (Fsp3) is 0.625. The predicted octanol–water partition coefficient (Wildman–Crippen LogP) is 3.97. The third kappa shape index (κ3) is 3.27. The number of halogens is 1. The number of benzene rings is 1. The number of hydrogen-bond acceptors (Lipinski definition) is 1. The van der Waals surface area contributed by atoms with Crippen LogP contribution in [0.15, 0.2) is 18.2 Å². The average molecular weight is 266 g/mol. The van der Waals surface area contributed by atoms with Gasteiger partial charge in [-0.25, -0.2) is 0 Å². The van der Waals surface area contributed by atoms with Crippen molar-refractivity contribution >= 4 is 12.4 Å². The van der Waals surface area contributed by atoms with Gasteiger partial charge >= 0.3 is 0 Å². The maximum atomic E-state index is 2.62. The molecule has 1 nitrogen and oxygen atoms in total. The molecule has 1 heterocycles. The molecule has 0 radical (unpaired) electrons. The quantitative estimate of drug-likeness (QED) is 0.782. The molecular formula is C16H24ClN. The van der Waals surface area contributed by atoms with Crippen molar-refractivity contribution in [2.24, 2.45) is 0 Å². The summed E-state index contributed by atoms with van der Waals surface area (Å²) in [5, 5.41) is 0. The smallest absolute Gasteiger partial charge is 0.0233 e. The minimum Gasteiger partial charge on any atom is -0.299 e. The van der Waals surface area contributed by atoms with Gasteiger partial charge in [0.05, 0.1) is 0 Å². The third-order valence-corrected chi connectivity index (χ3v) is 4.27. The van der Waals surface area contributed by atoms with Gasteiger partial charge in [-0.05, 0) is 68.3 Å². The molecule has 1 aliphatic carbocycles. The van der Waals surface area contributed by atoms with E-state index in [4.69, 9.17) is 0 Å². The summed E-state index contributed by atoms with van der Waals surface area (Å²) in [7, 11) is 0. The maximum Gasteiger partial charge on any atom is 0.0233 e. The van der Waals surface area contributed by atoms with Gasteiger partial charge < -0.3 is 0 Å². The molecule has 1 fully saturated rings. The second-order valence-corrected chi connectivity index (χ2v) is 5.65. The highest BCUT2D eigenvalue weighted by atomic mass is 35.5. The first-order valence-corrected chi connectivity index (χ1v) is 7.25. The van der Waals surface area contributed by atoms with E-state index < -0.39 is 0 Å². The van der Waals surface area contributed by atoms with Crippen LogP contribution in [-0.4, -0.2) is 18.0 Å². The lowest BCUT2D eigenvalue weighted by Gasteiger charge is -2.27. The lowest BCUT2D eigenvalue weighted by Crippen LogP contribution is -2.29. The molecule has 1 aromatic rings. The minimum atomic E-state index is 0. The first kappa shape index (κ1) is 13.9. The fourth-order valence-corrected chi connectivity index (χ4v) is 3.26. The Morgan fingerprint density at radius 1 is 0.833 bits per heavy atom. The lowest BCUT2D eigenvalue weighted by atomic mass is 9.90. The van der Waals surface area contributed by atoms with E-state index in [1.54, 1.807) is 11.1 Å². The molecule has 1 saturated heterocycles.